The fourth-order valence-electron chi connectivity index (χ4n) is 2.01. The molecule has 7 heteroatoms. The Kier molecular flexibility index (Phi) is 4.40. The maximum atomic E-state index is 10.8. The smallest absolute Gasteiger partial charge is 0.270 e. The van der Waals surface area contributed by atoms with Crippen LogP contribution in [0.5, 0.6) is 0 Å². The van der Waals surface area contributed by atoms with Gasteiger partial charge >= 0.3 is 0 Å². The second kappa shape index (κ2) is 6.47. The Morgan fingerprint density at radius 3 is 2.78 bits per heavy atom. The lowest BCUT2D eigenvalue weighted by Gasteiger charge is -2.00. The number of nitro benzene ring substituents is 1. The Morgan fingerprint density at radius 1 is 1.30 bits per heavy atom. The van der Waals surface area contributed by atoms with E-state index in [0.717, 1.165) is 16.3 Å². The number of non-ortho nitro benzene ring substituents is 1. The van der Waals surface area contributed by atoms with Gasteiger partial charge in [-0.2, -0.15) is 0 Å². The highest BCUT2D eigenvalue weighted by molar-refractivity contribution is 9.10. The molecular formula is C16H11BrN2O3S. The van der Waals surface area contributed by atoms with Gasteiger partial charge < -0.3 is 4.42 Å². The number of aryl methyl sites for hydroxylation is 1. The number of halogens is 1. The van der Waals surface area contributed by atoms with E-state index in [1.54, 1.807) is 17.4 Å². The quantitative estimate of drug-likeness (QED) is 0.432. The molecule has 0 radical (unpaired) electrons. The third-order valence-corrected chi connectivity index (χ3v) is 4.67. The fraction of sp³-hybridized carbons (Fsp3) is 0.0625. The maximum absolute atomic E-state index is 10.8. The molecule has 0 fully saturated rings. The van der Waals surface area contributed by atoms with Crippen molar-refractivity contribution >= 4 is 45.1 Å². The van der Waals surface area contributed by atoms with Crippen LogP contribution < -0.4 is 0 Å². The maximum Gasteiger partial charge on any atom is 0.270 e. The number of rotatable bonds is 4. The number of hydrogen-bond acceptors (Lipinski definition) is 5. The molecule has 0 saturated heterocycles. The zero-order chi connectivity index (χ0) is 16.4. The van der Waals surface area contributed by atoms with Crippen LogP contribution in [-0.2, 0) is 0 Å². The molecule has 0 spiro atoms. The summed E-state index contributed by atoms with van der Waals surface area (Å²) in [6.07, 6.45) is 3.74. The van der Waals surface area contributed by atoms with Gasteiger partial charge in [-0.1, -0.05) is 0 Å². The SMILES string of the molecule is Cc1csc(/C=C/c2ccc(-c3ccc([N+](=O)[O-])cc3Br)o2)n1. The summed E-state index contributed by atoms with van der Waals surface area (Å²) in [5.41, 5.74) is 1.79. The highest BCUT2D eigenvalue weighted by atomic mass is 79.9. The van der Waals surface area contributed by atoms with Crippen LogP contribution in [0.25, 0.3) is 23.5 Å². The Labute approximate surface area is 144 Å². The minimum atomic E-state index is -0.430. The summed E-state index contributed by atoms with van der Waals surface area (Å²) in [4.78, 5) is 14.7. The molecule has 1 aromatic carbocycles. The van der Waals surface area contributed by atoms with Crippen LogP contribution in [0.3, 0.4) is 0 Å². The lowest BCUT2D eigenvalue weighted by molar-refractivity contribution is -0.384. The summed E-state index contributed by atoms with van der Waals surface area (Å²) in [7, 11) is 0. The predicted molar refractivity (Wildman–Crippen MR) is 94.3 cm³/mol. The third-order valence-electron chi connectivity index (χ3n) is 3.08. The van der Waals surface area contributed by atoms with Crippen molar-refractivity contribution in [1.82, 2.24) is 4.98 Å². The van der Waals surface area contributed by atoms with Crippen molar-refractivity contribution in [2.45, 2.75) is 6.92 Å². The van der Waals surface area contributed by atoms with Crippen molar-refractivity contribution in [1.29, 1.82) is 0 Å². The van der Waals surface area contributed by atoms with E-state index in [9.17, 15) is 10.1 Å². The molecule has 0 aliphatic rings. The number of nitro groups is 1. The van der Waals surface area contributed by atoms with Crippen LogP contribution >= 0.6 is 27.3 Å². The van der Waals surface area contributed by atoms with Gasteiger partial charge in [-0.25, -0.2) is 4.98 Å². The predicted octanol–water partition coefficient (Wildman–Crippen LogP) is 5.55. The Bertz CT molecular complexity index is 898. The second-order valence-corrected chi connectivity index (χ2v) is 6.53. The van der Waals surface area contributed by atoms with Crippen LogP contribution in [0.1, 0.15) is 16.5 Å². The first-order valence-electron chi connectivity index (χ1n) is 6.67. The summed E-state index contributed by atoms with van der Waals surface area (Å²) >= 11 is 4.92. The van der Waals surface area contributed by atoms with Crippen molar-refractivity contribution in [3.63, 3.8) is 0 Å². The van der Waals surface area contributed by atoms with Crippen LogP contribution in [-0.4, -0.2) is 9.91 Å². The largest absolute Gasteiger partial charge is 0.457 e. The molecule has 116 valence electrons. The summed E-state index contributed by atoms with van der Waals surface area (Å²) in [5.74, 6) is 1.33. The van der Waals surface area contributed by atoms with Gasteiger partial charge in [-0.3, -0.25) is 10.1 Å². The topological polar surface area (TPSA) is 69.2 Å². The molecule has 3 aromatic rings. The van der Waals surface area contributed by atoms with Gasteiger partial charge in [-0.15, -0.1) is 11.3 Å². The molecule has 0 unspecified atom stereocenters. The van der Waals surface area contributed by atoms with Gasteiger partial charge in [-0.05, 0) is 53.2 Å². The van der Waals surface area contributed by atoms with E-state index < -0.39 is 4.92 Å². The molecule has 0 bridgehead atoms. The molecule has 0 aliphatic heterocycles. The van der Waals surface area contributed by atoms with Crippen molar-refractivity contribution in [3.8, 4) is 11.3 Å². The molecule has 0 atom stereocenters. The third kappa shape index (κ3) is 3.57. The number of thiazole rings is 1. The Balaban J connectivity index is 1.84. The zero-order valence-corrected chi connectivity index (χ0v) is 14.4. The number of furan rings is 1. The standard InChI is InChI=1S/C16H11BrN2O3S/c1-10-9-23-16(18-10)7-4-12-3-6-15(22-12)13-5-2-11(19(20)21)8-14(13)17/h2-9H,1H3/b7-4+. The first-order valence-corrected chi connectivity index (χ1v) is 8.34. The number of benzene rings is 1. The fourth-order valence-corrected chi connectivity index (χ4v) is 3.26. The Morgan fingerprint density at radius 2 is 2.13 bits per heavy atom. The molecular weight excluding hydrogens is 380 g/mol. The molecule has 2 heterocycles. The van der Waals surface area contributed by atoms with Gasteiger partial charge in [0.2, 0.25) is 0 Å². The van der Waals surface area contributed by atoms with E-state index in [2.05, 4.69) is 20.9 Å². The first-order chi connectivity index (χ1) is 11.0. The lowest BCUT2D eigenvalue weighted by atomic mass is 10.1. The monoisotopic (exact) mass is 390 g/mol. The van der Waals surface area contributed by atoms with E-state index in [0.29, 0.717) is 16.0 Å². The number of nitrogens with zero attached hydrogens (tertiary/aromatic N) is 2. The van der Waals surface area contributed by atoms with E-state index in [1.165, 1.54) is 12.1 Å². The summed E-state index contributed by atoms with van der Waals surface area (Å²) in [6.45, 7) is 1.95. The van der Waals surface area contributed by atoms with Gasteiger partial charge in [0.25, 0.3) is 5.69 Å². The average Bonchev–Trinajstić information content (AvgIpc) is 3.14. The van der Waals surface area contributed by atoms with Crippen molar-refractivity contribution in [2.75, 3.05) is 0 Å². The van der Waals surface area contributed by atoms with Crippen molar-refractivity contribution in [3.05, 3.63) is 66.8 Å². The van der Waals surface area contributed by atoms with Crippen molar-refractivity contribution in [2.24, 2.45) is 0 Å². The van der Waals surface area contributed by atoms with Crippen molar-refractivity contribution < 1.29 is 9.34 Å². The van der Waals surface area contributed by atoms with Gasteiger partial charge in [0.1, 0.15) is 16.5 Å². The Hall–Kier alpha value is -2.25. The van der Waals surface area contributed by atoms with Crippen LogP contribution in [0, 0.1) is 17.0 Å². The molecule has 0 amide bonds. The molecule has 3 rings (SSSR count). The van der Waals surface area contributed by atoms with E-state index in [4.69, 9.17) is 4.42 Å². The van der Waals surface area contributed by atoms with Gasteiger partial charge in [0, 0.05) is 33.2 Å². The molecule has 2 aromatic heterocycles. The average molecular weight is 391 g/mol. The number of hydrogen-bond donors (Lipinski definition) is 0. The molecule has 5 nitrogen and oxygen atoms in total. The highest BCUT2D eigenvalue weighted by Crippen LogP contribution is 2.32. The summed E-state index contributed by atoms with van der Waals surface area (Å²) in [6, 6.07) is 8.26. The van der Waals surface area contributed by atoms with Crippen LogP contribution in [0.2, 0.25) is 0 Å². The lowest BCUT2D eigenvalue weighted by Crippen LogP contribution is -1.88. The van der Waals surface area contributed by atoms with E-state index in [-0.39, 0.29) is 5.69 Å². The molecule has 23 heavy (non-hydrogen) atoms. The van der Waals surface area contributed by atoms with Gasteiger partial charge in [0.05, 0.1) is 4.92 Å². The van der Waals surface area contributed by atoms with Crippen LogP contribution in [0.4, 0.5) is 5.69 Å². The second-order valence-electron chi connectivity index (χ2n) is 4.78. The molecule has 0 aliphatic carbocycles. The van der Waals surface area contributed by atoms with Gasteiger partial charge in [0.15, 0.2) is 0 Å². The molecule has 0 N–H and O–H groups in total. The summed E-state index contributed by atoms with van der Waals surface area (Å²) < 4.78 is 6.39. The van der Waals surface area contributed by atoms with Crippen LogP contribution in [0.15, 0.2) is 44.6 Å². The minimum absolute atomic E-state index is 0.0337. The molecule has 0 saturated carbocycles. The number of aromatic nitrogens is 1. The van der Waals surface area contributed by atoms with E-state index >= 15 is 0 Å². The first kappa shape index (κ1) is 15.6. The minimum Gasteiger partial charge on any atom is -0.457 e. The summed E-state index contributed by atoms with van der Waals surface area (Å²) in [5, 5.41) is 13.7. The normalized spacial score (nSPS) is 11.2. The van der Waals surface area contributed by atoms with E-state index in [1.807, 2.05) is 36.6 Å². The zero-order valence-electron chi connectivity index (χ0n) is 12.0. The highest BCUT2D eigenvalue weighted by Gasteiger charge is 2.12.